The molecule has 0 bridgehead atoms. The van der Waals surface area contributed by atoms with E-state index in [2.05, 4.69) is 20.6 Å². The molecule has 0 aliphatic carbocycles. The molecule has 4 rings (SSSR count). The van der Waals surface area contributed by atoms with E-state index in [0.717, 1.165) is 36.3 Å². The Morgan fingerprint density at radius 3 is 2.88 bits per heavy atom. The predicted octanol–water partition coefficient (Wildman–Crippen LogP) is 2.80. The fourth-order valence-electron chi connectivity index (χ4n) is 3.36. The van der Waals surface area contributed by atoms with Crippen molar-refractivity contribution in [1.82, 2.24) is 25.2 Å². The average Bonchev–Trinajstić information content (AvgIpc) is 3.59. The molecule has 33 heavy (non-hydrogen) atoms. The highest BCUT2D eigenvalue weighted by molar-refractivity contribution is 7.17. The summed E-state index contributed by atoms with van der Waals surface area (Å²) in [6.07, 6.45) is 8.28. The van der Waals surface area contributed by atoms with Gasteiger partial charge in [0.2, 0.25) is 0 Å². The largest absolute Gasteiger partial charge is 0.379 e. The molecule has 9 nitrogen and oxygen atoms in total. The number of imidazole rings is 1. The number of anilines is 1. The van der Waals surface area contributed by atoms with E-state index < -0.39 is 0 Å². The molecule has 2 aromatic heterocycles. The van der Waals surface area contributed by atoms with Crippen LogP contribution in [0.15, 0.2) is 49.2 Å². The van der Waals surface area contributed by atoms with Crippen molar-refractivity contribution in [3.63, 3.8) is 0 Å². The highest BCUT2D eigenvalue weighted by Crippen LogP contribution is 2.25. The number of hydrogen-bond donors (Lipinski definition) is 2. The average molecular weight is 473 g/mol. The summed E-state index contributed by atoms with van der Waals surface area (Å²) in [6.45, 7) is 2.52. The van der Waals surface area contributed by atoms with Gasteiger partial charge in [0.25, 0.3) is 5.91 Å². The zero-order chi connectivity index (χ0) is 23.0. The minimum absolute atomic E-state index is 0.0774. The normalized spacial score (nSPS) is 15.4. The first-order chi connectivity index (χ1) is 16.1. The highest BCUT2D eigenvalue weighted by Gasteiger charge is 2.25. The molecule has 174 valence electrons. The highest BCUT2D eigenvalue weighted by atomic mass is 32.1. The van der Waals surface area contributed by atoms with E-state index in [1.165, 1.54) is 23.2 Å². The minimum Gasteiger partial charge on any atom is -0.379 e. The number of carbonyl (C=O) groups excluding carboxylic acids is 2. The third kappa shape index (κ3) is 6.36. The second kappa shape index (κ2) is 11.0. The Morgan fingerprint density at radius 1 is 1.30 bits per heavy atom. The SMILES string of the molecule is O=C(NCCCn1ccnc1)c1cnc(N(Cc2ccc(F)cc2)C(=O)NC2CCOC2)s1. The van der Waals surface area contributed by atoms with Gasteiger partial charge in [-0.25, -0.2) is 19.2 Å². The van der Waals surface area contributed by atoms with Gasteiger partial charge in [-0.2, -0.15) is 0 Å². The lowest BCUT2D eigenvalue weighted by atomic mass is 10.2. The molecule has 3 heterocycles. The lowest BCUT2D eigenvalue weighted by Gasteiger charge is -2.22. The molecule has 1 fully saturated rings. The number of nitrogens with zero attached hydrogens (tertiary/aromatic N) is 4. The van der Waals surface area contributed by atoms with E-state index >= 15 is 0 Å². The Bertz CT molecular complexity index is 1050. The Kier molecular flexibility index (Phi) is 7.63. The standard InChI is InChI=1S/C22H25FN6O3S/c23-17-4-2-16(3-5-17)13-29(21(31)27-18-6-11-32-14-18)22-26-12-19(33-22)20(30)25-7-1-9-28-10-8-24-15-28/h2-5,8,10,12,15,18H,1,6-7,9,11,13-14H2,(H,25,30)(H,27,31). The molecule has 1 atom stereocenters. The van der Waals surface area contributed by atoms with Gasteiger partial charge >= 0.3 is 6.03 Å². The number of carbonyl (C=O) groups is 2. The van der Waals surface area contributed by atoms with Crippen LogP contribution in [-0.4, -0.2) is 52.3 Å². The zero-order valence-corrected chi connectivity index (χ0v) is 18.8. The summed E-state index contributed by atoms with van der Waals surface area (Å²) in [5, 5.41) is 6.22. The van der Waals surface area contributed by atoms with Crippen LogP contribution >= 0.6 is 11.3 Å². The monoisotopic (exact) mass is 472 g/mol. The summed E-state index contributed by atoms with van der Waals surface area (Å²) < 4.78 is 20.6. The second-order valence-corrected chi connectivity index (χ2v) is 8.65. The van der Waals surface area contributed by atoms with Crippen LogP contribution in [0.3, 0.4) is 0 Å². The maximum atomic E-state index is 13.3. The van der Waals surface area contributed by atoms with Crippen LogP contribution in [0.25, 0.3) is 0 Å². The number of aromatic nitrogens is 3. The van der Waals surface area contributed by atoms with E-state index in [9.17, 15) is 14.0 Å². The summed E-state index contributed by atoms with van der Waals surface area (Å²) in [6, 6.07) is 5.52. The van der Waals surface area contributed by atoms with Gasteiger partial charge in [0.1, 0.15) is 10.7 Å². The van der Waals surface area contributed by atoms with Crippen LogP contribution in [0.4, 0.5) is 14.3 Å². The number of halogens is 1. The van der Waals surface area contributed by atoms with Gasteiger partial charge in [0, 0.05) is 32.1 Å². The summed E-state index contributed by atoms with van der Waals surface area (Å²) in [5.41, 5.74) is 0.745. The van der Waals surface area contributed by atoms with E-state index in [4.69, 9.17) is 4.74 Å². The molecule has 11 heteroatoms. The van der Waals surface area contributed by atoms with Gasteiger partial charge in [-0.1, -0.05) is 23.5 Å². The van der Waals surface area contributed by atoms with Gasteiger partial charge in [-0.05, 0) is 30.5 Å². The number of aryl methyl sites for hydroxylation is 1. The quantitative estimate of drug-likeness (QED) is 0.467. The van der Waals surface area contributed by atoms with Gasteiger partial charge in [-0.15, -0.1) is 0 Å². The fraction of sp³-hybridized carbons (Fsp3) is 0.364. The van der Waals surface area contributed by atoms with E-state index in [-0.39, 0.29) is 30.3 Å². The maximum absolute atomic E-state index is 13.3. The summed E-state index contributed by atoms with van der Waals surface area (Å²) >= 11 is 1.13. The molecular formula is C22H25FN6O3S. The number of hydrogen-bond acceptors (Lipinski definition) is 6. The summed E-state index contributed by atoms with van der Waals surface area (Å²) in [5.74, 6) is -0.588. The number of amides is 3. The molecule has 0 saturated carbocycles. The van der Waals surface area contributed by atoms with Gasteiger partial charge in [0.05, 0.1) is 31.7 Å². The number of rotatable bonds is 9. The van der Waals surface area contributed by atoms with Crippen molar-refractivity contribution in [3.8, 4) is 0 Å². The lowest BCUT2D eigenvalue weighted by Crippen LogP contribution is -2.45. The first-order valence-electron chi connectivity index (χ1n) is 10.7. The number of nitrogens with one attached hydrogen (secondary N) is 2. The number of benzene rings is 1. The first-order valence-corrected chi connectivity index (χ1v) is 11.5. The van der Waals surface area contributed by atoms with Crippen molar-refractivity contribution in [2.75, 3.05) is 24.7 Å². The van der Waals surface area contributed by atoms with Crippen molar-refractivity contribution in [2.24, 2.45) is 0 Å². The van der Waals surface area contributed by atoms with Crippen molar-refractivity contribution in [1.29, 1.82) is 0 Å². The zero-order valence-electron chi connectivity index (χ0n) is 17.9. The predicted molar refractivity (Wildman–Crippen MR) is 122 cm³/mol. The van der Waals surface area contributed by atoms with Crippen LogP contribution < -0.4 is 15.5 Å². The van der Waals surface area contributed by atoms with Crippen molar-refractivity contribution in [3.05, 3.63) is 65.4 Å². The molecule has 1 aliphatic rings. The van der Waals surface area contributed by atoms with Crippen molar-refractivity contribution >= 4 is 28.4 Å². The van der Waals surface area contributed by atoms with Crippen LogP contribution in [-0.2, 0) is 17.8 Å². The molecule has 1 saturated heterocycles. The molecule has 1 aliphatic heterocycles. The Balaban J connectivity index is 1.40. The molecule has 0 spiro atoms. The fourth-order valence-corrected chi connectivity index (χ4v) is 4.19. The van der Waals surface area contributed by atoms with E-state index in [1.807, 2.05) is 10.8 Å². The molecule has 1 aromatic carbocycles. The molecule has 2 N–H and O–H groups in total. The smallest absolute Gasteiger partial charge is 0.324 e. The maximum Gasteiger partial charge on any atom is 0.324 e. The first kappa shape index (κ1) is 22.9. The molecule has 3 amide bonds. The van der Waals surface area contributed by atoms with Gasteiger partial charge in [-0.3, -0.25) is 9.69 Å². The summed E-state index contributed by atoms with van der Waals surface area (Å²) in [7, 11) is 0. The van der Waals surface area contributed by atoms with Crippen molar-refractivity contribution in [2.45, 2.75) is 32.0 Å². The molecule has 1 unspecified atom stereocenters. The summed E-state index contributed by atoms with van der Waals surface area (Å²) in [4.78, 5) is 35.8. The topological polar surface area (TPSA) is 101 Å². The Labute approximate surface area is 194 Å². The van der Waals surface area contributed by atoms with E-state index in [0.29, 0.717) is 29.8 Å². The Morgan fingerprint density at radius 2 is 2.15 bits per heavy atom. The third-order valence-corrected chi connectivity index (χ3v) is 6.16. The number of thiazole rings is 1. The van der Waals surface area contributed by atoms with Crippen molar-refractivity contribution < 1.29 is 18.7 Å². The van der Waals surface area contributed by atoms with E-state index in [1.54, 1.807) is 24.7 Å². The Hall–Kier alpha value is -3.31. The molecule has 3 aromatic rings. The second-order valence-electron chi connectivity index (χ2n) is 7.64. The number of ether oxygens (including phenoxy) is 1. The molecular weight excluding hydrogens is 447 g/mol. The van der Waals surface area contributed by atoms with Crippen LogP contribution in [0.5, 0.6) is 0 Å². The number of urea groups is 1. The van der Waals surface area contributed by atoms with Crippen LogP contribution in [0.1, 0.15) is 28.1 Å². The minimum atomic E-state index is -0.348. The van der Waals surface area contributed by atoms with Crippen LogP contribution in [0.2, 0.25) is 0 Å². The lowest BCUT2D eigenvalue weighted by molar-refractivity contribution is 0.0956. The third-order valence-electron chi connectivity index (χ3n) is 5.14. The van der Waals surface area contributed by atoms with Crippen LogP contribution in [0, 0.1) is 5.82 Å². The van der Waals surface area contributed by atoms with Gasteiger partial charge < -0.3 is 19.9 Å². The van der Waals surface area contributed by atoms with Gasteiger partial charge in [0.15, 0.2) is 5.13 Å². The molecule has 0 radical (unpaired) electrons.